The SMILES string of the molecule is Cc1nn(CC(C)C)c(C)c1CC(=O)OC(C)C(=O)NC1CC1. The number of carbonyl (C=O) groups excluding carboxylic acids is 2. The molecule has 1 aromatic rings. The largest absolute Gasteiger partial charge is 0.452 e. The van der Waals surface area contributed by atoms with Gasteiger partial charge in [0, 0.05) is 23.8 Å². The summed E-state index contributed by atoms with van der Waals surface area (Å²) in [4.78, 5) is 24.0. The number of rotatable bonds is 7. The maximum atomic E-state index is 12.1. The molecule has 1 aliphatic rings. The van der Waals surface area contributed by atoms with Crippen molar-refractivity contribution in [1.29, 1.82) is 0 Å². The van der Waals surface area contributed by atoms with Crippen LogP contribution in [0.15, 0.2) is 0 Å². The lowest BCUT2D eigenvalue weighted by atomic mass is 10.1. The third kappa shape index (κ3) is 4.81. The van der Waals surface area contributed by atoms with Crippen LogP contribution in [0.1, 0.15) is 50.6 Å². The van der Waals surface area contributed by atoms with E-state index in [9.17, 15) is 9.59 Å². The van der Waals surface area contributed by atoms with Crippen LogP contribution < -0.4 is 5.32 Å². The molecule has 1 N–H and O–H groups in total. The maximum Gasteiger partial charge on any atom is 0.311 e. The predicted octanol–water partition coefficient (Wildman–Crippen LogP) is 1.91. The molecule has 0 aromatic carbocycles. The van der Waals surface area contributed by atoms with Crippen molar-refractivity contribution < 1.29 is 14.3 Å². The van der Waals surface area contributed by atoms with Gasteiger partial charge in [-0.3, -0.25) is 14.3 Å². The molecule has 1 heterocycles. The van der Waals surface area contributed by atoms with Gasteiger partial charge in [0.05, 0.1) is 12.1 Å². The molecule has 1 saturated carbocycles. The minimum absolute atomic E-state index is 0.150. The van der Waals surface area contributed by atoms with Crippen LogP contribution in [0.25, 0.3) is 0 Å². The first-order valence-corrected chi connectivity index (χ1v) is 8.30. The third-order valence-electron chi connectivity index (χ3n) is 3.99. The highest BCUT2D eigenvalue weighted by atomic mass is 16.5. The van der Waals surface area contributed by atoms with Crippen molar-refractivity contribution in [2.75, 3.05) is 0 Å². The molecule has 0 aliphatic heterocycles. The highest BCUT2D eigenvalue weighted by Crippen LogP contribution is 2.19. The minimum atomic E-state index is -0.755. The number of hydrogen-bond donors (Lipinski definition) is 1. The molecule has 0 radical (unpaired) electrons. The molecule has 0 saturated heterocycles. The molecule has 6 heteroatoms. The Kier molecular flexibility index (Phi) is 5.44. The molecule has 1 amide bonds. The van der Waals surface area contributed by atoms with Crippen LogP contribution in [-0.4, -0.2) is 33.8 Å². The fourth-order valence-electron chi connectivity index (χ4n) is 2.50. The average molecular weight is 321 g/mol. The average Bonchev–Trinajstić information content (AvgIpc) is 3.22. The Balaban J connectivity index is 1.94. The van der Waals surface area contributed by atoms with E-state index in [1.165, 1.54) is 0 Å². The van der Waals surface area contributed by atoms with Crippen molar-refractivity contribution in [3.8, 4) is 0 Å². The number of amides is 1. The molecule has 1 unspecified atom stereocenters. The monoisotopic (exact) mass is 321 g/mol. The molecule has 0 bridgehead atoms. The first kappa shape index (κ1) is 17.5. The van der Waals surface area contributed by atoms with Crippen molar-refractivity contribution in [3.05, 3.63) is 17.0 Å². The fraction of sp³-hybridized carbons (Fsp3) is 0.706. The number of carbonyl (C=O) groups is 2. The molecule has 1 aromatic heterocycles. The third-order valence-corrected chi connectivity index (χ3v) is 3.99. The van der Waals surface area contributed by atoms with Crippen molar-refractivity contribution in [2.24, 2.45) is 5.92 Å². The van der Waals surface area contributed by atoms with E-state index in [0.717, 1.165) is 36.3 Å². The van der Waals surface area contributed by atoms with E-state index in [1.807, 2.05) is 18.5 Å². The van der Waals surface area contributed by atoms with Crippen molar-refractivity contribution >= 4 is 11.9 Å². The van der Waals surface area contributed by atoms with E-state index in [1.54, 1.807) is 6.92 Å². The summed E-state index contributed by atoms with van der Waals surface area (Å²) in [6, 6.07) is 0.266. The van der Waals surface area contributed by atoms with Gasteiger partial charge in [0.15, 0.2) is 6.10 Å². The lowest BCUT2D eigenvalue weighted by molar-refractivity contribution is -0.154. The van der Waals surface area contributed by atoms with Crippen LogP contribution in [0.5, 0.6) is 0 Å². The molecular formula is C17H27N3O3. The van der Waals surface area contributed by atoms with Crippen molar-refractivity contribution in [1.82, 2.24) is 15.1 Å². The number of aryl methyl sites for hydroxylation is 1. The second kappa shape index (κ2) is 7.15. The van der Waals surface area contributed by atoms with Gasteiger partial charge in [0.2, 0.25) is 0 Å². The van der Waals surface area contributed by atoms with E-state index < -0.39 is 12.1 Å². The van der Waals surface area contributed by atoms with Gasteiger partial charge in [-0.2, -0.15) is 5.10 Å². The smallest absolute Gasteiger partial charge is 0.311 e. The second-order valence-corrected chi connectivity index (χ2v) is 6.82. The Hall–Kier alpha value is -1.85. The molecule has 1 fully saturated rings. The summed E-state index contributed by atoms with van der Waals surface area (Å²) in [7, 11) is 0. The van der Waals surface area contributed by atoms with Crippen molar-refractivity contribution in [3.63, 3.8) is 0 Å². The number of nitrogens with one attached hydrogen (secondary N) is 1. The summed E-state index contributed by atoms with van der Waals surface area (Å²) in [6.07, 6.45) is 1.42. The summed E-state index contributed by atoms with van der Waals surface area (Å²) in [6.45, 7) is 10.6. The summed E-state index contributed by atoms with van der Waals surface area (Å²) >= 11 is 0. The van der Waals surface area contributed by atoms with Gasteiger partial charge in [0.1, 0.15) is 0 Å². The first-order chi connectivity index (χ1) is 10.8. The molecule has 1 atom stereocenters. The molecular weight excluding hydrogens is 294 g/mol. The topological polar surface area (TPSA) is 73.2 Å². The van der Waals surface area contributed by atoms with Gasteiger partial charge in [0.25, 0.3) is 5.91 Å². The molecule has 23 heavy (non-hydrogen) atoms. The van der Waals surface area contributed by atoms with Crippen LogP contribution >= 0.6 is 0 Å². The van der Waals surface area contributed by atoms with Gasteiger partial charge in [-0.25, -0.2) is 0 Å². The highest BCUT2D eigenvalue weighted by molar-refractivity contribution is 5.84. The minimum Gasteiger partial charge on any atom is -0.452 e. The van der Waals surface area contributed by atoms with E-state index in [-0.39, 0.29) is 18.4 Å². The number of esters is 1. The van der Waals surface area contributed by atoms with Crippen LogP contribution in [0.3, 0.4) is 0 Å². The zero-order valence-corrected chi connectivity index (χ0v) is 14.7. The number of hydrogen-bond acceptors (Lipinski definition) is 4. The summed E-state index contributed by atoms with van der Waals surface area (Å²) in [5.41, 5.74) is 2.73. The standard InChI is InChI=1S/C17H27N3O3/c1-10(2)9-20-12(4)15(11(3)19-20)8-16(21)23-13(5)17(22)18-14-6-7-14/h10,13-14H,6-9H2,1-5H3,(H,18,22). The van der Waals surface area contributed by atoms with E-state index in [2.05, 4.69) is 24.3 Å². The predicted molar refractivity (Wildman–Crippen MR) is 87.0 cm³/mol. The van der Waals surface area contributed by atoms with Gasteiger partial charge < -0.3 is 10.1 Å². The molecule has 6 nitrogen and oxygen atoms in total. The number of nitrogens with zero attached hydrogens (tertiary/aromatic N) is 2. The summed E-state index contributed by atoms with van der Waals surface area (Å²) < 4.78 is 7.19. The Bertz CT molecular complexity index is 588. The van der Waals surface area contributed by atoms with Crippen LogP contribution in [0.4, 0.5) is 0 Å². The van der Waals surface area contributed by atoms with E-state index in [4.69, 9.17) is 4.74 Å². The Morgan fingerprint density at radius 3 is 2.52 bits per heavy atom. The quantitative estimate of drug-likeness (QED) is 0.779. The van der Waals surface area contributed by atoms with Gasteiger partial charge in [-0.1, -0.05) is 13.8 Å². The lowest BCUT2D eigenvalue weighted by Crippen LogP contribution is -2.37. The Morgan fingerprint density at radius 2 is 1.96 bits per heavy atom. The van der Waals surface area contributed by atoms with Crippen LogP contribution in [-0.2, 0) is 27.3 Å². The van der Waals surface area contributed by atoms with Crippen LogP contribution in [0, 0.1) is 19.8 Å². The van der Waals surface area contributed by atoms with Crippen molar-refractivity contribution in [2.45, 2.75) is 72.6 Å². The van der Waals surface area contributed by atoms with Gasteiger partial charge in [-0.15, -0.1) is 0 Å². The number of ether oxygens (including phenoxy) is 1. The van der Waals surface area contributed by atoms with Crippen LogP contribution in [0.2, 0.25) is 0 Å². The molecule has 2 rings (SSSR count). The zero-order valence-electron chi connectivity index (χ0n) is 14.7. The van der Waals surface area contributed by atoms with E-state index >= 15 is 0 Å². The fourth-order valence-corrected chi connectivity index (χ4v) is 2.50. The molecule has 0 spiro atoms. The second-order valence-electron chi connectivity index (χ2n) is 6.82. The molecule has 1 aliphatic carbocycles. The Labute approximate surface area is 137 Å². The zero-order chi connectivity index (χ0) is 17.1. The van der Waals surface area contributed by atoms with Gasteiger partial charge >= 0.3 is 5.97 Å². The highest BCUT2D eigenvalue weighted by Gasteiger charge is 2.27. The Morgan fingerprint density at radius 1 is 1.30 bits per heavy atom. The summed E-state index contributed by atoms with van der Waals surface area (Å²) in [5.74, 6) is -0.123. The first-order valence-electron chi connectivity index (χ1n) is 8.30. The van der Waals surface area contributed by atoms with Gasteiger partial charge in [-0.05, 0) is 39.5 Å². The number of aromatic nitrogens is 2. The van der Waals surface area contributed by atoms with E-state index in [0.29, 0.717) is 5.92 Å². The lowest BCUT2D eigenvalue weighted by Gasteiger charge is -2.13. The summed E-state index contributed by atoms with van der Waals surface area (Å²) in [5, 5.41) is 7.33. The molecule has 128 valence electrons. The normalized spacial score (nSPS) is 15.6. The maximum absolute atomic E-state index is 12.1.